The van der Waals surface area contributed by atoms with Crippen LogP contribution in [-0.2, 0) is 6.42 Å². The quantitative estimate of drug-likeness (QED) is 0.894. The summed E-state index contributed by atoms with van der Waals surface area (Å²) in [6.07, 6.45) is 2.92. The van der Waals surface area contributed by atoms with Crippen molar-refractivity contribution in [2.24, 2.45) is 5.73 Å². The van der Waals surface area contributed by atoms with Crippen LogP contribution in [0.15, 0.2) is 12.1 Å². The Morgan fingerprint density at radius 3 is 2.76 bits per heavy atom. The van der Waals surface area contributed by atoms with Crippen LogP contribution in [0.1, 0.15) is 25.6 Å². The van der Waals surface area contributed by atoms with E-state index in [1.165, 1.54) is 0 Å². The van der Waals surface area contributed by atoms with Crippen molar-refractivity contribution < 1.29 is 0 Å². The molecule has 92 valence electrons. The molecule has 17 heavy (non-hydrogen) atoms. The van der Waals surface area contributed by atoms with E-state index in [2.05, 4.69) is 9.97 Å². The monoisotopic (exact) mass is 271 g/mol. The van der Waals surface area contributed by atoms with Crippen molar-refractivity contribution in [1.82, 2.24) is 9.97 Å². The first kappa shape index (κ1) is 12.7. The highest BCUT2D eigenvalue weighted by Crippen LogP contribution is 2.26. The number of imidazole rings is 1. The Morgan fingerprint density at radius 1 is 1.35 bits per heavy atom. The van der Waals surface area contributed by atoms with Gasteiger partial charge in [-0.1, -0.05) is 23.2 Å². The van der Waals surface area contributed by atoms with Gasteiger partial charge in [0, 0.05) is 12.5 Å². The molecule has 1 aromatic carbocycles. The van der Waals surface area contributed by atoms with E-state index in [9.17, 15) is 0 Å². The highest BCUT2D eigenvalue weighted by Gasteiger charge is 2.06. The minimum absolute atomic E-state index is 0.239. The molecule has 0 fully saturated rings. The summed E-state index contributed by atoms with van der Waals surface area (Å²) < 4.78 is 0. The van der Waals surface area contributed by atoms with Gasteiger partial charge in [0.1, 0.15) is 5.82 Å². The second kappa shape index (κ2) is 5.25. The second-order valence-corrected chi connectivity index (χ2v) is 5.15. The standard InChI is InChI=1S/C12H15Cl2N3/c1-7(15)3-2-4-12-16-10-5-8(13)9(14)6-11(10)17-12/h5-7H,2-4,15H2,1H3,(H,16,17). The maximum Gasteiger partial charge on any atom is 0.107 e. The Balaban J connectivity index is 2.14. The highest BCUT2D eigenvalue weighted by molar-refractivity contribution is 6.42. The predicted octanol–water partition coefficient (Wildman–Crippen LogP) is 3.54. The van der Waals surface area contributed by atoms with Crippen molar-refractivity contribution in [1.29, 1.82) is 0 Å². The lowest BCUT2D eigenvalue weighted by atomic mass is 10.1. The molecule has 0 saturated heterocycles. The van der Waals surface area contributed by atoms with E-state index in [0.717, 1.165) is 36.1 Å². The van der Waals surface area contributed by atoms with Crippen LogP contribution >= 0.6 is 23.2 Å². The van der Waals surface area contributed by atoms with Gasteiger partial charge in [0.25, 0.3) is 0 Å². The zero-order chi connectivity index (χ0) is 12.4. The number of aryl methyl sites for hydroxylation is 1. The van der Waals surface area contributed by atoms with Crippen LogP contribution in [0.4, 0.5) is 0 Å². The Morgan fingerprint density at radius 2 is 2.06 bits per heavy atom. The Kier molecular flexibility index (Phi) is 3.92. The molecule has 0 bridgehead atoms. The van der Waals surface area contributed by atoms with Crippen LogP contribution in [0, 0.1) is 0 Å². The Labute approximate surface area is 110 Å². The van der Waals surface area contributed by atoms with Crippen molar-refractivity contribution in [2.45, 2.75) is 32.2 Å². The Bertz CT molecular complexity index is 481. The fourth-order valence-corrected chi connectivity index (χ4v) is 2.09. The fraction of sp³-hybridized carbons (Fsp3) is 0.417. The van der Waals surface area contributed by atoms with E-state index in [1.54, 1.807) is 12.1 Å². The van der Waals surface area contributed by atoms with Crippen molar-refractivity contribution in [3.63, 3.8) is 0 Å². The third-order valence-corrected chi connectivity index (χ3v) is 3.37. The number of hydrogen-bond donors (Lipinski definition) is 2. The largest absolute Gasteiger partial charge is 0.342 e. The highest BCUT2D eigenvalue weighted by atomic mass is 35.5. The number of hydrogen-bond acceptors (Lipinski definition) is 2. The number of H-pyrrole nitrogens is 1. The van der Waals surface area contributed by atoms with Gasteiger partial charge in [0.15, 0.2) is 0 Å². The molecule has 1 heterocycles. The topological polar surface area (TPSA) is 54.7 Å². The molecule has 1 unspecified atom stereocenters. The molecule has 3 N–H and O–H groups in total. The van der Waals surface area contributed by atoms with Crippen LogP contribution in [0.5, 0.6) is 0 Å². The summed E-state index contributed by atoms with van der Waals surface area (Å²) in [5, 5.41) is 1.08. The van der Waals surface area contributed by atoms with Crippen molar-refractivity contribution in [2.75, 3.05) is 0 Å². The molecule has 2 aromatic rings. The minimum atomic E-state index is 0.239. The lowest BCUT2D eigenvalue weighted by Gasteiger charge is -2.01. The van der Waals surface area contributed by atoms with Crippen molar-refractivity contribution in [3.05, 3.63) is 28.0 Å². The number of nitrogens with zero attached hydrogens (tertiary/aromatic N) is 1. The van der Waals surface area contributed by atoms with E-state index in [4.69, 9.17) is 28.9 Å². The first-order chi connectivity index (χ1) is 8.06. The lowest BCUT2D eigenvalue weighted by molar-refractivity contribution is 0.616. The number of rotatable bonds is 4. The summed E-state index contributed by atoms with van der Waals surface area (Å²) in [6.45, 7) is 2.01. The van der Waals surface area contributed by atoms with E-state index in [-0.39, 0.29) is 6.04 Å². The van der Waals surface area contributed by atoms with E-state index < -0.39 is 0 Å². The average molecular weight is 272 g/mol. The van der Waals surface area contributed by atoms with Gasteiger partial charge in [-0.25, -0.2) is 4.98 Å². The van der Waals surface area contributed by atoms with E-state index in [1.807, 2.05) is 6.92 Å². The second-order valence-electron chi connectivity index (χ2n) is 4.34. The molecule has 1 atom stereocenters. The average Bonchev–Trinajstić information content (AvgIpc) is 2.60. The normalized spacial score (nSPS) is 13.2. The molecule has 0 aliphatic heterocycles. The zero-order valence-corrected chi connectivity index (χ0v) is 11.1. The molecule has 2 rings (SSSR count). The molecule has 0 aliphatic carbocycles. The molecule has 3 nitrogen and oxygen atoms in total. The summed E-state index contributed by atoms with van der Waals surface area (Å²) in [7, 11) is 0. The van der Waals surface area contributed by atoms with E-state index >= 15 is 0 Å². The smallest absolute Gasteiger partial charge is 0.107 e. The summed E-state index contributed by atoms with van der Waals surface area (Å²) in [6, 6.07) is 3.83. The number of benzene rings is 1. The summed E-state index contributed by atoms with van der Waals surface area (Å²) in [4.78, 5) is 7.71. The van der Waals surface area contributed by atoms with Crippen LogP contribution in [-0.4, -0.2) is 16.0 Å². The lowest BCUT2D eigenvalue weighted by Crippen LogP contribution is -2.14. The van der Waals surface area contributed by atoms with E-state index in [0.29, 0.717) is 10.0 Å². The third kappa shape index (κ3) is 3.12. The molecule has 5 heteroatoms. The van der Waals surface area contributed by atoms with Gasteiger partial charge in [0.2, 0.25) is 0 Å². The number of nitrogens with two attached hydrogens (primary N) is 1. The van der Waals surface area contributed by atoms with Gasteiger partial charge in [-0.3, -0.25) is 0 Å². The van der Waals surface area contributed by atoms with Gasteiger partial charge in [-0.15, -0.1) is 0 Å². The first-order valence-corrected chi connectivity index (χ1v) is 6.41. The van der Waals surface area contributed by atoms with Gasteiger partial charge < -0.3 is 10.7 Å². The first-order valence-electron chi connectivity index (χ1n) is 5.65. The summed E-state index contributed by atoms with van der Waals surface area (Å²) >= 11 is 11.9. The molecule has 1 aromatic heterocycles. The molecule has 0 spiro atoms. The number of nitrogens with one attached hydrogen (secondary N) is 1. The van der Waals surface area contributed by atoms with Crippen LogP contribution in [0.3, 0.4) is 0 Å². The van der Waals surface area contributed by atoms with Crippen molar-refractivity contribution >= 4 is 34.2 Å². The van der Waals surface area contributed by atoms with Gasteiger partial charge in [-0.05, 0) is 31.9 Å². The molecule has 0 amide bonds. The Hall–Kier alpha value is -0.770. The number of halogens is 2. The fourth-order valence-electron chi connectivity index (χ4n) is 1.77. The molecule has 0 aliphatic rings. The maximum atomic E-state index is 5.95. The van der Waals surface area contributed by atoms with Gasteiger partial charge >= 0.3 is 0 Å². The van der Waals surface area contributed by atoms with Crippen LogP contribution in [0.2, 0.25) is 10.0 Å². The summed E-state index contributed by atoms with van der Waals surface area (Å²) in [5.74, 6) is 0.957. The number of aromatic nitrogens is 2. The molecular weight excluding hydrogens is 257 g/mol. The number of fused-ring (bicyclic) bond motifs is 1. The summed E-state index contributed by atoms with van der Waals surface area (Å²) in [5.41, 5.74) is 7.49. The zero-order valence-electron chi connectivity index (χ0n) is 9.63. The minimum Gasteiger partial charge on any atom is -0.342 e. The molecule has 0 radical (unpaired) electrons. The predicted molar refractivity (Wildman–Crippen MR) is 72.7 cm³/mol. The molecular formula is C12H15Cl2N3. The van der Waals surface area contributed by atoms with Crippen molar-refractivity contribution in [3.8, 4) is 0 Å². The SMILES string of the molecule is CC(N)CCCc1nc2cc(Cl)c(Cl)cc2[nH]1. The van der Waals surface area contributed by atoms with Gasteiger partial charge in [0.05, 0.1) is 21.1 Å². The van der Waals surface area contributed by atoms with Gasteiger partial charge in [-0.2, -0.15) is 0 Å². The third-order valence-electron chi connectivity index (χ3n) is 2.65. The van der Waals surface area contributed by atoms with Crippen LogP contribution < -0.4 is 5.73 Å². The van der Waals surface area contributed by atoms with Crippen LogP contribution in [0.25, 0.3) is 11.0 Å². The maximum absolute atomic E-state index is 5.95. The number of aromatic amines is 1. The molecule has 0 saturated carbocycles.